The van der Waals surface area contributed by atoms with Crippen LogP contribution >= 0.6 is 11.6 Å². The molecule has 1 unspecified atom stereocenters. The lowest BCUT2D eigenvalue weighted by Gasteiger charge is -2.15. The van der Waals surface area contributed by atoms with Gasteiger partial charge in [0.15, 0.2) is 0 Å². The van der Waals surface area contributed by atoms with Gasteiger partial charge in [0.1, 0.15) is 22.4 Å². The highest BCUT2D eigenvalue weighted by molar-refractivity contribution is 6.30. The van der Waals surface area contributed by atoms with Crippen molar-refractivity contribution in [3.05, 3.63) is 63.9 Å². The van der Waals surface area contributed by atoms with Gasteiger partial charge in [0.25, 0.3) is 0 Å². The van der Waals surface area contributed by atoms with E-state index < -0.39 is 34.6 Å². The second kappa shape index (κ2) is 5.57. The minimum Gasteiger partial charge on any atom is -0.320 e. The number of aromatic nitrogens is 1. The summed E-state index contributed by atoms with van der Waals surface area (Å²) in [5.74, 6) is -2.00. The first-order valence-electron chi connectivity index (χ1n) is 5.64. The van der Waals surface area contributed by atoms with E-state index in [1.165, 1.54) is 0 Å². The molecule has 0 radical (unpaired) electrons. The van der Waals surface area contributed by atoms with Crippen LogP contribution in [0.3, 0.4) is 0 Å². The van der Waals surface area contributed by atoms with Crippen LogP contribution in [-0.2, 0) is 6.18 Å². The van der Waals surface area contributed by atoms with Crippen LogP contribution in [0.5, 0.6) is 0 Å². The van der Waals surface area contributed by atoms with Crippen LogP contribution in [0.1, 0.15) is 22.9 Å². The van der Waals surface area contributed by atoms with Crippen LogP contribution in [0.2, 0.25) is 5.02 Å². The minimum absolute atomic E-state index is 0.136. The summed E-state index contributed by atoms with van der Waals surface area (Å²) in [7, 11) is 0. The van der Waals surface area contributed by atoms with E-state index in [-0.39, 0.29) is 11.1 Å². The standard InChI is InChI=1S/C13H8ClF5N2/c14-10-8(15)3-2-7(11(10)16)12(20)6-1-4-9(21-5-6)13(17,18)19/h1-5,12H,20H2. The predicted octanol–water partition coefficient (Wildman–Crippen LogP) is 4.08. The molecular formula is C13H8ClF5N2. The Hall–Kier alpha value is -1.73. The van der Waals surface area contributed by atoms with E-state index in [0.717, 1.165) is 30.5 Å². The Balaban J connectivity index is 2.37. The maximum absolute atomic E-state index is 13.8. The van der Waals surface area contributed by atoms with E-state index in [1.807, 2.05) is 0 Å². The Morgan fingerprint density at radius 3 is 2.29 bits per heavy atom. The number of halogens is 6. The van der Waals surface area contributed by atoms with Gasteiger partial charge >= 0.3 is 6.18 Å². The number of hydrogen-bond acceptors (Lipinski definition) is 2. The van der Waals surface area contributed by atoms with Crippen LogP contribution < -0.4 is 5.73 Å². The zero-order chi connectivity index (χ0) is 15.8. The largest absolute Gasteiger partial charge is 0.433 e. The molecule has 0 aliphatic carbocycles. The number of nitrogens with zero attached hydrogens (tertiary/aromatic N) is 1. The van der Waals surface area contributed by atoms with Crippen LogP contribution in [0, 0.1) is 11.6 Å². The van der Waals surface area contributed by atoms with Crippen molar-refractivity contribution >= 4 is 11.6 Å². The average Bonchev–Trinajstić information content (AvgIpc) is 2.43. The molecule has 0 aliphatic heterocycles. The number of alkyl halides is 3. The first-order valence-corrected chi connectivity index (χ1v) is 6.01. The molecule has 1 heterocycles. The molecule has 2 nitrogen and oxygen atoms in total. The fourth-order valence-electron chi connectivity index (χ4n) is 1.72. The van der Waals surface area contributed by atoms with E-state index in [0.29, 0.717) is 0 Å². The third-order valence-corrected chi connectivity index (χ3v) is 3.18. The fraction of sp³-hybridized carbons (Fsp3) is 0.154. The highest BCUT2D eigenvalue weighted by Gasteiger charge is 2.32. The van der Waals surface area contributed by atoms with Crippen LogP contribution in [0.25, 0.3) is 0 Å². The quantitative estimate of drug-likeness (QED) is 0.668. The highest BCUT2D eigenvalue weighted by atomic mass is 35.5. The Kier molecular flexibility index (Phi) is 4.15. The van der Waals surface area contributed by atoms with E-state index in [4.69, 9.17) is 17.3 Å². The Morgan fingerprint density at radius 1 is 1.10 bits per heavy atom. The Morgan fingerprint density at radius 2 is 1.76 bits per heavy atom. The van der Waals surface area contributed by atoms with Gasteiger partial charge in [-0.2, -0.15) is 13.2 Å². The molecule has 0 bridgehead atoms. The molecule has 2 aromatic rings. The third kappa shape index (κ3) is 3.14. The summed E-state index contributed by atoms with van der Waals surface area (Å²) in [6, 6.07) is 2.71. The molecule has 0 aliphatic rings. The van der Waals surface area contributed by atoms with Gasteiger partial charge in [-0.15, -0.1) is 0 Å². The zero-order valence-electron chi connectivity index (χ0n) is 10.3. The first-order chi connectivity index (χ1) is 9.71. The van der Waals surface area contributed by atoms with Gasteiger partial charge < -0.3 is 5.73 Å². The molecule has 0 fully saturated rings. The van der Waals surface area contributed by atoms with Gasteiger partial charge in [-0.05, 0) is 17.7 Å². The van der Waals surface area contributed by atoms with Crippen LogP contribution in [0.4, 0.5) is 22.0 Å². The van der Waals surface area contributed by atoms with E-state index in [2.05, 4.69) is 4.98 Å². The van der Waals surface area contributed by atoms with Crippen molar-refractivity contribution in [1.82, 2.24) is 4.98 Å². The Labute approximate surface area is 121 Å². The number of hydrogen-bond donors (Lipinski definition) is 1. The topological polar surface area (TPSA) is 38.9 Å². The third-order valence-electron chi connectivity index (χ3n) is 2.84. The molecule has 1 aromatic heterocycles. The normalized spacial score (nSPS) is 13.3. The lowest BCUT2D eigenvalue weighted by molar-refractivity contribution is -0.141. The van der Waals surface area contributed by atoms with Crippen molar-refractivity contribution in [1.29, 1.82) is 0 Å². The summed E-state index contributed by atoms with van der Waals surface area (Å²) in [4.78, 5) is 3.23. The number of pyridine rings is 1. The molecule has 1 atom stereocenters. The van der Waals surface area contributed by atoms with Gasteiger partial charge in [-0.25, -0.2) is 8.78 Å². The monoisotopic (exact) mass is 322 g/mol. The van der Waals surface area contributed by atoms with Crippen molar-refractivity contribution in [2.24, 2.45) is 5.73 Å². The molecule has 0 amide bonds. The smallest absolute Gasteiger partial charge is 0.320 e. The molecule has 8 heteroatoms. The van der Waals surface area contributed by atoms with Crippen LogP contribution in [-0.4, -0.2) is 4.98 Å². The van der Waals surface area contributed by atoms with E-state index in [1.54, 1.807) is 0 Å². The summed E-state index contributed by atoms with van der Waals surface area (Å²) in [6.07, 6.45) is -3.68. The summed E-state index contributed by atoms with van der Waals surface area (Å²) in [5, 5.41) is -0.720. The Bertz CT molecular complexity index is 655. The average molecular weight is 323 g/mol. The van der Waals surface area contributed by atoms with Crippen molar-refractivity contribution in [3.8, 4) is 0 Å². The second-order valence-electron chi connectivity index (χ2n) is 4.22. The zero-order valence-corrected chi connectivity index (χ0v) is 11.0. The minimum atomic E-state index is -4.58. The molecule has 2 N–H and O–H groups in total. The molecule has 21 heavy (non-hydrogen) atoms. The van der Waals surface area contributed by atoms with Gasteiger partial charge in [-0.1, -0.05) is 23.7 Å². The maximum atomic E-state index is 13.8. The summed E-state index contributed by atoms with van der Waals surface area (Å²) >= 11 is 5.43. The number of rotatable bonds is 2. The van der Waals surface area contributed by atoms with Crippen molar-refractivity contribution in [2.75, 3.05) is 0 Å². The lowest BCUT2D eigenvalue weighted by atomic mass is 10.0. The maximum Gasteiger partial charge on any atom is 0.433 e. The van der Waals surface area contributed by atoms with Gasteiger partial charge in [0.05, 0.1) is 6.04 Å². The molecule has 2 rings (SSSR count). The summed E-state index contributed by atoms with van der Waals surface area (Å²) in [5.41, 5.74) is 4.67. The summed E-state index contributed by atoms with van der Waals surface area (Å²) in [6.45, 7) is 0. The molecule has 112 valence electrons. The van der Waals surface area contributed by atoms with E-state index in [9.17, 15) is 22.0 Å². The predicted molar refractivity (Wildman–Crippen MR) is 66.6 cm³/mol. The highest BCUT2D eigenvalue weighted by Crippen LogP contribution is 2.30. The van der Waals surface area contributed by atoms with Crippen molar-refractivity contribution < 1.29 is 22.0 Å². The molecule has 0 spiro atoms. The first kappa shape index (κ1) is 15.7. The van der Waals surface area contributed by atoms with Crippen molar-refractivity contribution in [3.63, 3.8) is 0 Å². The molecule has 0 saturated carbocycles. The fourth-order valence-corrected chi connectivity index (χ4v) is 1.89. The van der Waals surface area contributed by atoms with Crippen LogP contribution in [0.15, 0.2) is 30.5 Å². The summed E-state index contributed by atoms with van der Waals surface area (Å²) < 4.78 is 64.1. The molecular weight excluding hydrogens is 315 g/mol. The number of nitrogens with two attached hydrogens (primary N) is 1. The lowest BCUT2D eigenvalue weighted by Crippen LogP contribution is -2.16. The number of benzene rings is 1. The van der Waals surface area contributed by atoms with Gasteiger partial charge in [0.2, 0.25) is 0 Å². The van der Waals surface area contributed by atoms with E-state index >= 15 is 0 Å². The molecule has 0 saturated heterocycles. The van der Waals surface area contributed by atoms with Gasteiger partial charge in [0, 0.05) is 11.8 Å². The SMILES string of the molecule is NC(c1ccc(C(F)(F)F)nc1)c1ccc(F)c(Cl)c1F. The molecule has 1 aromatic carbocycles. The second-order valence-corrected chi connectivity index (χ2v) is 4.59. The van der Waals surface area contributed by atoms with Gasteiger partial charge in [-0.3, -0.25) is 4.98 Å². The van der Waals surface area contributed by atoms with Crippen molar-refractivity contribution in [2.45, 2.75) is 12.2 Å².